The van der Waals surface area contributed by atoms with E-state index in [2.05, 4.69) is 60.7 Å². The molecule has 0 aliphatic rings. The number of unbranched alkanes of at least 4 members (excludes halogenated alkanes) is 15. The summed E-state index contributed by atoms with van der Waals surface area (Å²) in [5.41, 5.74) is 4.24. The van der Waals surface area contributed by atoms with Crippen molar-refractivity contribution in [2.75, 3.05) is 0 Å². The maximum absolute atomic E-state index is 8.52. The summed E-state index contributed by atoms with van der Waals surface area (Å²) in [4.78, 5) is 0. The largest absolute Gasteiger partial charge is 0.198 e. The Morgan fingerprint density at radius 1 is 0.484 bits per heavy atom. The Labute approximate surface area is 191 Å². The Morgan fingerprint density at radius 3 is 1.48 bits per heavy atom. The van der Waals surface area contributed by atoms with Gasteiger partial charge in [-0.3, -0.25) is 0 Å². The van der Waals surface area contributed by atoms with E-state index in [1.54, 1.807) is 0 Å². The predicted molar refractivity (Wildman–Crippen MR) is 135 cm³/mol. The number of aryl methyl sites for hydroxylation is 1. The smallest absolute Gasteiger partial charge is 0.0621 e. The highest BCUT2D eigenvalue weighted by atomic mass is 14.2. The van der Waals surface area contributed by atoms with E-state index in [-0.39, 0.29) is 0 Å². The zero-order valence-electron chi connectivity index (χ0n) is 19.7. The van der Waals surface area contributed by atoms with Gasteiger partial charge in [-0.2, -0.15) is 5.26 Å². The maximum atomic E-state index is 8.52. The van der Waals surface area contributed by atoms with Crippen LogP contribution in [0.15, 0.2) is 54.6 Å². The molecule has 0 aromatic heterocycles. The maximum Gasteiger partial charge on any atom is 0.0621 e. The van der Waals surface area contributed by atoms with Gasteiger partial charge in [-0.05, 0) is 36.0 Å². The summed E-state index contributed by atoms with van der Waals surface area (Å²) in [5, 5.41) is 8.52. The average molecular weight is 418 g/mol. The molecule has 0 heterocycles. The molecule has 0 unspecified atom stereocenters. The molecule has 2 rings (SSSR count). The zero-order chi connectivity index (χ0) is 21.8. The van der Waals surface area contributed by atoms with Gasteiger partial charge in [0.2, 0.25) is 0 Å². The summed E-state index contributed by atoms with van der Waals surface area (Å²) in [6, 6.07) is 21.9. The molecule has 31 heavy (non-hydrogen) atoms. The van der Waals surface area contributed by atoms with Crippen molar-refractivity contribution in [2.24, 2.45) is 0 Å². The second kappa shape index (κ2) is 17.6. The molecule has 0 saturated carbocycles. The SMILES string of the molecule is N#CCCCCCCCCCCCCCCCCCc1ccccc1-c1ccccc1. The van der Waals surface area contributed by atoms with Crippen LogP contribution in [0.2, 0.25) is 0 Å². The van der Waals surface area contributed by atoms with Gasteiger partial charge in [0, 0.05) is 6.42 Å². The van der Waals surface area contributed by atoms with E-state index in [1.807, 2.05) is 0 Å². The monoisotopic (exact) mass is 417 g/mol. The van der Waals surface area contributed by atoms with Crippen molar-refractivity contribution in [3.05, 3.63) is 60.2 Å². The molecule has 1 heteroatoms. The van der Waals surface area contributed by atoms with Crippen LogP contribution in [0.25, 0.3) is 11.1 Å². The summed E-state index contributed by atoms with van der Waals surface area (Å²) in [6.07, 6.45) is 22.3. The molecule has 0 spiro atoms. The average Bonchev–Trinajstić information content (AvgIpc) is 2.82. The minimum absolute atomic E-state index is 0.738. The first kappa shape index (κ1) is 25.2. The molecule has 0 N–H and O–H groups in total. The first-order valence-electron chi connectivity index (χ1n) is 12.9. The van der Waals surface area contributed by atoms with E-state index in [4.69, 9.17) is 5.26 Å². The van der Waals surface area contributed by atoms with Gasteiger partial charge in [0.25, 0.3) is 0 Å². The first-order valence-corrected chi connectivity index (χ1v) is 12.9. The zero-order valence-corrected chi connectivity index (χ0v) is 19.7. The second-order valence-corrected chi connectivity index (χ2v) is 8.98. The lowest BCUT2D eigenvalue weighted by Gasteiger charge is -2.10. The summed E-state index contributed by atoms with van der Waals surface area (Å²) < 4.78 is 0. The Morgan fingerprint density at radius 2 is 0.935 bits per heavy atom. The molecule has 0 atom stereocenters. The van der Waals surface area contributed by atoms with E-state index in [1.165, 1.54) is 113 Å². The van der Waals surface area contributed by atoms with Gasteiger partial charge < -0.3 is 0 Å². The summed E-state index contributed by atoms with van der Waals surface area (Å²) >= 11 is 0. The van der Waals surface area contributed by atoms with Crippen LogP contribution in [0.4, 0.5) is 0 Å². The normalized spacial score (nSPS) is 10.8. The van der Waals surface area contributed by atoms with Crippen molar-refractivity contribution in [1.29, 1.82) is 5.26 Å². The lowest BCUT2D eigenvalue weighted by atomic mass is 9.95. The van der Waals surface area contributed by atoms with E-state index in [0.717, 1.165) is 12.8 Å². The molecular weight excluding hydrogens is 374 g/mol. The van der Waals surface area contributed by atoms with Crippen molar-refractivity contribution in [2.45, 2.75) is 109 Å². The van der Waals surface area contributed by atoms with Gasteiger partial charge in [-0.25, -0.2) is 0 Å². The molecule has 2 aromatic rings. The Hall–Kier alpha value is -2.07. The third-order valence-electron chi connectivity index (χ3n) is 6.34. The molecule has 0 saturated heterocycles. The summed E-state index contributed by atoms with van der Waals surface area (Å²) in [7, 11) is 0. The highest BCUT2D eigenvalue weighted by Crippen LogP contribution is 2.25. The summed E-state index contributed by atoms with van der Waals surface area (Å²) in [5.74, 6) is 0. The third-order valence-corrected chi connectivity index (χ3v) is 6.34. The van der Waals surface area contributed by atoms with Gasteiger partial charge in [0.15, 0.2) is 0 Å². The van der Waals surface area contributed by atoms with Crippen molar-refractivity contribution < 1.29 is 0 Å². The predicted octanol–water partition coefficient (Wildman–Crippen LogP) is 9.66. The lowest BCUT2D eigenvalue weighted by molar-refractivity contribution is 0.531. The van der Waals surface area contributed by atoms with Crippen LogP contribution >= 0.6 is 0 Å². The van der Waals surface area contributed by atoms with E-state index < -0.39 is 0 Å². The number of benzene rings is 2. The minimum Gasteiger partial charge on any atom is -0.198 e. The first-order chi connectivity index (χ1) is 15.4. The van der Waals surface area contributed by atoms with Crippen LogP contribution in [0, 0.1) is 11.3 Å². The van der Waals surface area contributed by atoms with Crippen molar-refractivity contribution in [1.82, 2.24) is 0 Å². The highest BCUT2D eigenvalue weighted by molar-refractivity contribution is 5.67. The fourth-order valence-corrected chi connectivity index (χ4v) is 4.46. The Bertz CT molecular complexity index is 713. The standard InChI is InChI=1S/C30H43N/c31-27-21-14-12-10-8-6-4-2-1-3-5-7-9-11-13-16-22-29-25-19-20-26-30(29)28-23-17-15-18-24-28/h15,17-20,23-26H,1-14,16,21-22H2. The Kier molecular flexibility index (Phi) is 14.3. The van der Waals surface area contributed by atoms with Gasteiger partial charge in [-0.15, -0.1) is 0 Å². The quantitative estimate of drug-likeness (QED) is 0.221. The van der Waals surface area contributed by atoms with Gasteiger partial charge in [0.05, 0.1) is 6.07 Å². The Balaban J connectivity index is 1.41. The molecule has 0 aliphatic heterocycles. The van der Waals surface area contributed by atoms with Gasteiger partial charge in [-0.1, -0.05) is 138 Å². The number of nitrogens with zero attached hydrogens (tertiary/aromatic N) is 1. The molecule has 1 nitrogen and oxygen atoms in total. The fourth-order valence-electron chi connectivity index (χ4n) is 4.46. The molecular formula is C30H43N. The number of hydrogen-bond acceptors (Lipinski definition) is 1. The van der Waals surface area contributed by atoms with Crippen LogP contribution in [-0.2, 0) is 6.42 Å². The van der Waals surface area contributed by atoms with Crippen molar-refractivity contribution >= 4 is 0 Å². The molecule has 0 aliphatic carbocycles. The molecule has 0 fully saturated rings. The van der Waals surface area contributed by atoms with Gasteiger partial charge >= 0.3 is 0 Å². The van der Waals surface area contributed by atoms with E-state index >= 15 is 0 Å². The van der Waals surface area contributed by atoms with Crippen LogP contribution in [-0.4, -0.2) is 0 Å². The molecule has 0 bridgehead atoms. The number of nitriles is 1. The van der Waals surface area contributed by atoms with E-state index in [0.29, 0.717) is 0 Å². The third kappa shape index (κ3) is 11.8. The summed E-state index contributed by atoms with van der Waals surface area (Å²) in [6.45, 7) is 0. The molecule has 2 aromatic carbocycles. The van der Waals surface area contributed by atoms with Crippen LogP contribution in [0.3, 0.4) is 0 Å². The molecule has 168 valence electrons. The van der Waals surface area contributed by atoms with Crippen LogP contribution in [0.5, 0.6) is 0 Å². The number of hydrogen-bond donors (Lipinski definition) is 0. The molecule has 0 amide bonds. The topological polar surface area (TPSA) is 23.8 Å². The second-order valence-electron chi connectivity index (χ2n) is 8.98. The lowest BCUT2D eigenvalue weighted by Crippen LogP contribution is -1.91. The van der Waals surface area contributed by atoms with Gasteiger partial charge in [0.1, 0.15) is 0 Å². The van der Waals surface area contributed by atoms with Crippen LogP contribution in [0.1, 0.15) is 108 Å². The highest BCUT2D eigenvalue weighted by Gasteiger charge is 2.04. The van der Waals surface area contributed by atoms with Crippen molar-refractivity contribution in [3.8, 4) is 17.2 Å². The molecule has 0 radical (unpaired) electrons. The van der Waals surface area contributed by atoms with Crippen LogP contribution < -0.4 is 0 Å². The number of rotatable bonds is 18. The van der Waals surface area contributed by atoms with Crippen molar-refractivity contribution in [3.63, 3.8) is 0 Å². The minimum atomic E-state index is 0.738. The van der Waals surface area contributed by atoms with E-state index in [9.17, 15) is 0 Å². The fraction of sp³-hybridized carbons (Fsp3) is 0.567.